The summed E-state index contributed by atoms with van der Waals surface area (Å²) in [6, 6.07) is 10.0. The smallest absolute Gasteiger partial charge is 0.251 e. The van der Waals surface area contributed by atoms with Crippen LogP contribution in [0, 0.1) is 3.91 Å². The summed E-state index contributed by atoms with van der Waals surface area (Å²) in [4.78, 5) is 0. The van der Waals surface area contributed by atoms with E-state index in [2.05, 4.69) is 0 Å². The van der Waals surface area contributed by atoms with Gasteiger partial charge in [0.1, 0.15) is 0 Å². The van der Waals surface area contributed by atoms with Crippen molar-refractivity contribution >= 4 is 29.5 Å². The van der Waals surface area contributed by atoms with E-state index < -0.39 is 50.0 Å². The first-order valence-electron chi connectivity index (χ1n) is 5.59. The van der Waals surface area contributed by atoms with Crippen molar-refractivity contribution in [2.45, 2.75) is 16.5 Å². The van der Waals surface area contributed by atoms with Gasteiger partial charge in [0, 0.05) is 0 Å². The van der Waals surface area contributed by atoms with Crippen molar-refractivity contribution in [1.82, 2.24) is 0 Å². The molecule has 0 saturated carbocycles. The fourth-order valence-electron chi connectivity index (χ4n) is 1.04. The molecule has 0 amide bonds. The van der Waals surface area contributed by atoms with Gasteiger partial charge in [-0.3, -0.25) is 25.3 Å². The number of alkyl halides is 9. The minimum Gasteiger partial charge on any atom is -0.251 e. The van der Waals surface area contributed by atoms with Crippen LogP contribution in [0.4, 0.5) is 39.5 Å². The maximum Gasteiger partial charge on any atom is 2.00 e. The first-order valence-corrected chi connectivity index (χ1v) is 10.0. The molecule has 19 heteroatoms. The van der Waals surface area contributed by atoms with Gasteiger partial charge >= 0.3 is 33.6 Å². The molecule has 1 aromatic carbocycles. The molecular formula is C9H5F9FeO6S3. The summed E-state index contributed by atoms with van der Waals surface area (Å²) in [5, 5.41) is 0. The molecule has 0 aliphatic rings. The zero-order chi connectivity index (χ0) is 22.1. The molecule has 1 rings (SSSR count). The summed E-state index contributed by atoms with van der Waals surface area (Å²) in [7, 11) is -24.1. The molecule has 0 aromatic heterocycles. The van der Waals surface area contributed by atoms with E-state index >= 15 is 0 Å². The molecule has 6 nitrogen and oxygen atoms in total. The molecule has 0 N–H and O–H groups in total. The Morgan fingerprint density at radius 3 is 0.893 bits per heavy atom. The quantitative estimate of drug-likeness (QED) is 0.337. The Kier molecular flexibility index (Phi) is 9.25. The van der Waals surface area contributed by atoms with Gasteiger partial charge in [0.05, 0.1) is 3.91 Å². The van der Waals surface area contributed by atoms with Crippen LogP contribution in [-0.2, 0) is 46.6 Å². The van der Waals surface area contributed by atoms with Crippen molar-refractivity contribution in [2.24, 2.45) is 0 Å². The molecule has 0 fully saturated rings. The molecule has 0 unspecified atom stereocenters. The van der Waals surface area contributed by atoms with Gasteiger partial charge in [-0.15, -0.1) is 0 Å². The van der Waals surface area contributed by atoms with Crippen molar-refractivity contribution in [1.29, 1.82) is 0 Å². The van der Waals surface area contributed by atoms with Crippen molar-refractivity contribution in [2.75, 3.05) is 0 Å². The monoisotopic (exact) mass is 532 g/mol. The third-order valence-corrected chi connectivity index (χ3v) is 9.22. The van der Waals surface area contributed by atoms with Crippen molar-refractivity contribution in [3.05, 3.63) is 34.2 Å². The van der Waals surface area contributed by atoms with E-state index in [9.17, 15) is 64.8 Å². The maximum absolute atomic E-state index is 12.0. The minimum absolute atomic E-state index is 0. The van der Waals surface area contributed by atoms with Crippen LogP contribution < -0.4 is 0 Å². The SMILES string of the molecule is O=S(=O)([C-](S(=O)(=O)C(F)(F)F)S(=O)(=O)C(F)(F)F)C(F)(F)F.[Fe+2].c1cc[cH-]c1. The summed E-state index contributed by atoms with van der Waals surface area (Å²) in [5.41, 5.74) is -21.2. The molecule has 0 atom stereocenters. The molecule has 0 spiro atoms. The van der Waals surface area contributed by atoms with E-state index in [-0.39, 0.29) is 17.1 Å². The normalized spacial score (nSPS) is 14.1. The molecule has 0 bridgehead atoms. The summed E-state index contributed by atoms with van der Waals surface area (Å²) in [6.07, 6.45) is 0. The molecule has 0 heterocycles. The molecule has 28 heavy (non-hydrogen) atoms. The van der Waals surface area contributed by atoms with Gasteiger partial charge in [0.2, 0.25) is 0 Å². The average molecular weight is 532 g/mol. The van der Waals surface area contributed by atoms with Crippen LogP contribution in [0.3, 0.4) is 0 Å². The van der Waals surface area contributed by atoms with Crippen LogP contribution in [0.15, 0.2) is 30.3 Å². The summed E-state index contributed by atoms with van der Waals surface area (Å²) in [6.45, 7) is 0. The first-order chi connectivity index (χ1) is 11.6. The predicted molar refractivity (Wildman–Crippen MR) is 70.2 cm³/mol. The molecule has 1 aromatic rings. The Bertz CT molecular complexity index is 803. The van der Waals surface area contributed by atoms with Crippen molar-refractivity contribution in [3.8, 4) is 0 Å². The molecule has 166 valence electrons. The van der Waals surface area contributed by atoms with Crippen LogP contribution in [0.1, 0.15) is 0 Å². The number of hydrogen-bond acceptors (Lipinski definition) is 6. The second-order valence-corrected chi connectivity index (χ2v) is 10.5. The second kappa shape index (κ2) is 8.85. The van der Waals surface area contributed by atoms with Crippen LogP contribution in [0.2, 0.25) is 0 Å². The summed E-state index contributed by atoms with van der Waals surface area (Å²) < 4.78 is 167. The van der Waals surface area contributed by atoms with E-state index in [1.54, 1.807) is 0 Å². The number of hydrogen-bond donors (Lipinski definition) is 0. The molecule has 0 radical (unpaired) electrons. The number of rotatable bonds is 3. The number of halogens is 9. The number of sulfone groups is 3. The fraction of sp³-hybridized carbons (Fsp3) is 0.333. The Hall–Kier alpha value is -0.911. The van der Waals surface area contributed by atoms with Crippen molar-refractivity contribution < 1.29 is 81.8 Å². The topological polar surface area (TPSA) is 102 Å². The van der Waals surface area contributed by atoms with Crippen LogP contribution in [-0.4, -0.2) is 41.8 Å². The molecule has 0 aliphatic heterocycles. The van der Waals surface area contributed by atoms with Gasteiger partial charge in [-0.05, 0) is 0 Å². The van der Waals surface area contributed by atoms with Crippen LogP contribution in [0.5, 0.6) is 0 Å². The van der Waals surface area contributed by atoms with Gasteiger partial charge in [-0.1, -0.05) is 0 Å². The summed E-state index contributed by atoms with van der Waals surface area (Å²) >= 11 is 0. The maximum atomic E-state index is 12.0. The zero-order valence-corrected chi connectivity index (χ0v) is 15.9. The Morgan fingerprint density at radius 2 is 0.786 bits per heavy atom. The van der Waals surface area contributed by atoms with E-state index in [0.717, 1.165) is 0 Å². The van der Waals surface area contributed by atoms with Crippen LogP contribution >= 0.6 is 0 Å². The Balaban J connectivity index is 0. The second-order valence-electron chi connectivity index (χ2n) is 4.06. The Morgan fingerprint density at radius 1 is 0.571 bits per heavy atom. The van der Waals surface area contributed by atoms with Gasteiger partial charge < -0.3 is 0 Å². The largest absolute Gasteiger partial charge is 2.00 e. The third-order valence-electron chi connectivity index (χ3n) is 2.13. The first kappa shape index (κ1) is 29.3. The van der Waals surface area contributed by atoms with E-state index in [1.165, 1.54) is 0 Å². The van der Waals surface area contributed by atoms with Gasteiger partial charge in [0.15, 0.2) is 29.5 Å². The van der Waals surface area contributed by atoms with Gasteiger partial charge in [-0.2, -0.15) is 57.7 Å². The summed E-state index contributed by atoms with van der Waals surface area (Å²) in [5.74, 6) is 0. The molecule has 0 aliphatic carbocycles. The Labute approximate surface area is 162 Å². The molecular weight excluding hydrogens is 527 g/mol. The predicted octanol–water partition coefficient (Wildman–Crippen LogP) is 2.64. The van der Waals surface area contributed by atoms with Gasteiger partial charge in [0.25, 0.3) is 0 Å². The minimum atomic E-state index is -8.02. The van der Waals surface area contributed by atoms with Gasteiger partial charge in [-0.25, -0.2) is 12.1 Å². The van der Waals surface area contributed by atoms with E-state index in [0.29, 0.717) is 0 Å². The average Bonchev–Trinajstić information content (AvgIpc) is 2.91. The molecule has 0 saturated heterocycles. The fourth-order valence-corrected chi connectivity index (χ4v) is 6.77. The van der Waals surface area contributed by atoms with E-state index in [4.69, 9.17) is 0 Å². The third kappa shape index (κ3) is 6.04. The van der Waals surface area contributed by atoms with Crippen molar-refractivity contribution in [3.63, 3.8) is 0 Å². The van der Waals surface area contributed by atoms with E-state index in [1.807, 2.05) is 30.3 Å². The van der Waals surface area contributed by atoms with Crippen LogP contribution in [0.25, 0.3) is 0 Å². The zero-order valence-electron chi connectivity index (χ0n) is 12.3. The standard InChI is InChI=1S/C5H5.C4F9O6S3.Fe/c1-2-4-5-3-1;5-2(6,7)20(14,15)1(21(16,17)3(8,9)10)22(18,19)4(11,12)13;/h1-5H;;/q2*-1;+2.